The number of aromatic nitrogens is 3. The predicted molar refractivity (Wildman–Crippen MR) is 63.9 cm³/mol. The Balaban J connectivity index is 2.69. The number of hydrogen-bond acceptors (Lipinski definition) is 5. The van der Waals surface area contributed by atoms with Crippen LogP contribution in [0.5, 0.6) is 0 Å². The van der Waals surface area contributed by atoms with Gasteiger partial charge in [-0.2, -0.15) is 0 Å². The van der Waals surface area contributed by atoms with E-state index < -0.39 is 0 Å². The van der Waals surface area contributed by atoms with Crippen LogP contribution in [-0.4, -0.2) is 14.9 Å². The molecule has 0 aliphatic rings. The molecule has 0 aliphatic heterocycles. The fraction of sp³-hybridized carbons (Fsp3) is 0.200. The number of nitrogens with two attached hydrogens (primary N) is 3. The van der Waals surface area contributed by atoms with Crippen LogP contribution in [0, 0.1) is 13.8 Å². The molecule has 1 aromatic carbocycles. The zero-order valence-corrected chi connectivity index (χ0v) is 9.23. The van der Waals surface area contributed by atoms with E-state index in [2.05, 4.69) is 10.2 Å². The van der Waals surface area contributed by atoms with Gasteiger partial charge in [-0.15, -0.1) is 10.2 Å². The van der Waals surface area contributed by atoms with Gasteiger partial charge in [-0.1, -0.05) is 0 Å². The fourth-order valence-corrected chi connectivity index (χ4v) is 1.61. The van der Waals surface area contributed by atoms with Crippen LogP contribution < -0.4 is 17.3 Å². The van der Waals surface area contributed by atoms with Crippen molar-refractivity contribution in [2.75, 3.05) is 17.3 Å². The SMILES string of the molecule is Cc1cc(N)cc(-c2nnc(N)n2N)c1C. The van der Waals surface area contributed by atoms with E-state index in [0.29, 0.717) is 11.5 Å². The average Bonchev–Trinajstić information content (AvgIpc) is 2.54. The Morgan fingerprint density at radius 1 is 1.12 bits per heavy atom. The Kier molecular flexibility index (Phi) is 2.19. The lowest BCUT2D eigenvalue weighted by Crippen LogP contribution is -2.14. The minimum Gasteiger partial charge on any atom is -0.399 e. The van der Waals surface area contributed by atoms with E-state index >= 15 is 0 Å². The van der Waals surface area contributed by atoms with Gasteiger partial charge in [-0.25, -0.2) is 4.68 Å². The summed E-state index contributed by atoms with van der Waals surface area (Å²) in [5.74, 6) is 6.42. The Bertz CT molecular complexity index is 542. The molecular weight excluding hydrogens is 204 g/mol. The standard InChI is InChI=1S/C10H14N6/c1-5-3-7(11)4-8(6(5)2)9-14-15-10(12)16(9)13/h3-4H,11,13H2,1-2H3,(H2,12,15). The molecule has 1 aromatic heterocycles. The third-order valence-electron chi connectivity index (χ3n) is 2.65. The molecule has 6 nitrogen and oxygen atoms in total. The molecule has 1 heterocycles. The quantitative estimate of drug-likeness (QED) is 0.475. The lowest BCUT2D eigenvalue weighted by molar-refractivity contribution is 1.02. The molecule has 6 heteroatoms. The van der Waals surface area contributed by atoms with Crippen molar-refractivity contribution in [1.29, 1.82) is 0 Å². The molecule has 2 rings (SSSR count). The van der Waals surface area contributed by atoms with Crippen LogP contribution in [0.4, 0.5) is 11.6 Å². The zero-order chi connectivity index (χ0) is 11.9. The summed E-state index contributed by atoms with van der Waals surface area (Å²) < 4.78 is 1.25. The highest BCUT2D eigenvalue weighted by Gasteiger charge is 2.13. The lowest BCUT2D eigenvalue weighted by Gasteiger charge is -2.09. The first kappa shape index (κ1) is 10.3. The van der Waals surface area contributed by atoms with Crippen LogP contribution in [0.2, 0.25) is 0 Å². The molecule has 0 unspecified atom stereocenters. The molecule has 0 radical (unpaired) electrons. The summed E-state index contributed by atoms with van der Waals surface area (Å²) in [7, 11) is 0. The molecule has 16 heavy (non-hydrogen) atoms. The van der Waals surface area contributed by atoms with Crippen molar-refractivity contribution in [2.24, 2.45) is 0 Å². The van der Waals surface area contributed by atoms with Gasteiger partial charge >= 0.3 is 0 Å². The number of hydrogen-bond donors (Lipinski definition) is 3. The second-order valence-corrected chi connectivity index (χ2v) is 3.76. The Labute approximate surface area is 93.0 Å². The number of benzene rings is 1. The summed E-state index contributed by atoms with van der Waals surface area (Å²) in [5, 5.41) is 7.65. The number of anilines is 2. The highest BCUT2D eigenvalue weighted by atomic mass is 15.4. The topological polar surface area (TPSA) is 109 Å². The van der Waals surface area contributed by atoms with Gasteiger partial charge in [0.2, 0.25) is 5.95 Å². The molecule has 0 saturated carbocycles. The molecule has 2 aromatic rings. The van der Waals surface area contributed by atoms with E-state index in [1.807, 2.05) is 26.0 Å². The lowest BCUT2D eigenvalue weighted by atomic mass is 10.0. The molecule has 0 bridgehead atoms. The average molecular weight is 218 g/mol. The van der Waals surface area contributed by atoms with E-state index in [0.717, 1.165) is 16.7 Å². The monoisotopic (exact) mass is 218 g/mol. The van der Waals surface area contributed by atoms with Gasteiger partial charge in [0.15, 0.2) is 5.82 Å². The second-order valence-electron chi connectivity index (χ2n) is 3.76. The highest BCUT2D eigenvalue weighted by molar-refractivity contribution is 5.68. The van der Waals surface area contributed by atoms with Crippen molar-refractivity contribution >= 4 is 11.6 Å². The van der Waals surface area contributed by atoms with Crippen molar-refractivity contribution in [2.45, 2.75) is 13.8 Å². The first-order chi connectivity index (χ1) is 7.50. The fourth-order valence-electron chi connectivity index (χ4n) is 1.61. The van der Waals surface area contributed by atoms with Crippen molar-refractivity contribution in [3.05, 3.63) is 23.3 Å². The molecule has 0 spiro atoms. The number of nitrogen functional groups attached to an aromatic ring is 3. The summed E-state index contributed by atoms with van der Waals surface area (Å²) in [6.07, 6.45) is 0. The first-order valence-corrected chi connectivity index (χ1v) is 4.83. The predicted octanol–water partition coefficient (Wildman–Crippen LogP) is 0.440. The number of aryl methyl sites for hydroxylation is 1. The molecule has 84 valence electrons. The van der Waals surface area contributed by atoms with E-state index in [1.54, 1.807) is 0 Å². The first-order valence-electron chi connectivity index (χ1n) is 4.83. The van der Waals surface area contributed by atoms with Crippen LogP contribution in [0.25, 0.3) is 11.4 Å². The van der Waals surface area contributed by atoms with Gasteiger partial charge in [0.05, 0.1) is 0 Å². The van der Waals surface area contributed by atoms with Gasteiger partial charge in [0.1, 0.15) is 0 Å². The molecule has 0 fully saturated rings. The smallest absolute Gasteiger partial charge is 0.241 e. The Hall–Kier alpha value is -2.24. The van der Waals surface area contributed by atoms with E-state index in [9.17, 15) is 0 Å². The third kappa shape index (κ3) is 1.44. The maximum Gasteiger partial charge on any atom is 0.241 e. The summed E-state index contributed by atoms with van der Waals surface area (Å²) in [6, 6.07) is 3.72. The van der Waals surface area contributed by atoms with Crippen molar-refractivity contribution in [1.82, 2.24) is 14.9 Å². The van der Waals surface area contributed by atoms with E-state index in [4.69, 9.17) is 17.3 Å². The molecule has 0 saturated heterocycles. The van der Waals surface area contributed by atoms with E-state index in [1.165, 1.54) is 4.68 Å². The number of nitrogens with zero attached hydrogens (tertiary/aromatic N) is 3. The minimum atomic E-state index is 0.175. The van der Waals surface area contributed by atoms with Crippen LogP contribution in [0.1, 0.15) is 11.1 Å². The van der Waals surface area contributed by atoms with Gasteiger partial charge in [-0.3, -0.25) is 0 Å². The third-order valence-corrected chi connectivity index (χ3v) is 2.65. The Morgan fingerprint density at radius 3 is 2.38 bits per heavy atom. The second kappa shape index (κ2) is 3.41. The van der Waals surface area contributed by atoms with Gasteiger partial charge in [0, 0.05) is 11.3 Å². The van der Waals surface area contributed by atoms with E-state index in [-0.39, 0.29) is 5.95 Å². The number of rotatable bonds is 1. The van der Waals surface area contributed by atoms with Gasteiger partial charge in [-0.05, 0) is 37.1 Å². The summed E-state index contributed by atoms with van der Waals surface area (Å²) >= 11 is 0. The summed E-state index contributed by atoms with van der Waals surface area (Å²) in [6.45, 7) is 3.96. The van der Waals surface area contributed by atoms with Gasteiger partial charge < -0.3 is 17.3 Å². The molecule has 0 amide bonds. The summed E-state index contributed by atoms with van der Waals surface area (Å²) in [4.78, 5) is 0. The van der Waals surface area contributed by atoms with Crippen molar-refractivity contribution in [3.8, 4) is 11.4 Å². The highest BCUT2D eigenvalue weighted by Crippen LogP contribution is 2.26. The molecule has 0 atom stereocenters. The maximum atomic E-state index is 5.79. The zero-order valence-electron chi connectivity index (χ0n) is 9.23. The van der Waals surface area contributed by atoms with Crippen molar-refractivity contribution in [3.63, 3.8) is 0 Å². The van der Waals surface area contributed by atoms with Crippen LogP contribution >= 0.6 is 0 Å². The van der Waals surface area contributed by atoms with Crippen LogP contribution in [0.15, 0.2) is 12.1 Å². The van der Waals surface area contributed by atoms with Gasteiger partial charge in [0.25, 0.3) is 0 Å². The molecule has 6 N–H and O–H groups in total. The van der Waals surface area contributed by atoms with Crippen molar-refractivity contribution < 1.29 is 0 Å². The van der Waals surface area contributed by atoms with Crippen LogP contribution in [-0.2, 0) is 0 Å². The normalized spacial score (nSPS) is 10.6. The maximum absolute atomic E-state index is 5.79. The summed E-state index contributed by atoms with van der Waals surface area (Å²) in [5.41, 5.74) is 15.0. The van der Waals surface area contributed by atoms with Crippen LogP contribution in [0.3, 0.4) is 0 Å². The largest absolute Gasteiger partial charge is 0.399 e. The molecular formula is C10H14N6. The Morgan fingerprint density at radius 2 is 1.81 bits per heavy atom. The minimum absolute atomic E-state index is 0.175. The molecule has 0 aliphatic carbocycles.